The summed E-state index contributed by atoms with van der Waals surface area (Å²) < 4.78 is 5.82. The number of nitrogens with two attached hydrogens (primary N) is 1. The molecule has 0 unspecified atom stereocenters. The van der Waals surface area contributed by atoms with E-state index in [0.717, 1.165) is 0 Å². The molecule has 0 bridgehead atoms. The summed E-state index contributed by atoms with van der Waals surface area (Å²) in [6.07, 6.45) is 1.89. The number of aliphatic hydroxyl groups is 1. The van der Waals surface area contributed by atoms with Crippen molar-refractivity contribution in [1.29, 1.82) is 0 Å². The number of hydrogen-bond donors (Lipinski definition) is 2. The molecule has 1 rings (SSSR count). The lowest BCUT2D eigenvalue weighted by molar-refractivity contribution is -0.159. The Balaban J connectivity index is 2.78. The first-order valence-corrected chi connectivity index (χ1v) is 6.27. The lowest BCUT2D eigenvalue weighted by Gasteiger charge is -2.24. The van der Waals surface area contributed by atoms with E-state index >= 15 is 0 Å². The topological polar surface area (TPSA) is 85.4 Å². The normalized spacial score (nSPS) is 15.0. The van der Waals surface area contributed by atoms with Crippen LogP contribution in [-0.4, -0.2) is 27.7 Å². The Morgan fingerprint density at radius 1 is 1.50 bits per heavy atom. The van der Waals surface area contributed by atoms with Gasteiger partial charge in [0.2, 0.25) is 0 Å². The number of ether oxygens (including phenoxy) is 1. The predicted octanol–water partition coefficient (Wildman–Crippen LogP) is 1.55. The number of rotatable bonds is 3. The fourth-order valence-electron chi connectivity index (χ4n) is 1.30. The molecular formula is C12H17BrN2O3. The zero-order valence-electron chi connectivity index (χ0n) is 10.6. The molecule has 0 aliphatic carbocycles. The van der Waals surface area contributed by atoms with Crippen molar-refractivity contribution in [3.63, 3.8) is 0 Å². The van der Waals surface area contributed by atoms with Crippen molar-refractivity contribution in [2.24, 2.45) is 5.73 Å². The summed E-state index contributed by atoms with van der Waals surface area (Å²) in [5.41, 5.74) is 5.51. The van der Waals surface area contributed by atoms with Gasteiger partial charge in [0.15, 0.2) is 0 Å². The molecule has 3 N–H and O–H groups in total. The van der Waals surface area contributed by atoms with Gasteiger partial charge in [-0.25, -0.2) is 0 Å². The van der Waals surface area contributed by atoms with Crippen molar-refractivity contribution in [2.75, 3.05) is 0 Å². The number of aromatic nitrogens is 1. The Hall–Kier alpha value is -0.980. The van der Waals surface area contributed by atoms with Gasteiger partial charge in [0, 0.05) is 22.4 Å². The van der Waals surface area contributed by atoms with Gasteiger partial charge >= 0.3 is 5.97 Å². The van der Waals surface area contributed by atoms with Crippen molar-refractivity contribution in [3.05, 3.63) is 28.5 Å². The van der Waals surface area contributed by atoms with Crippen LogP contribution in [0.15, 0.2) is 22.9 Å². The monoisotopic (exact) mass is 316 g/mol. The van der Waals surface area contributed by atoms with Crippen LogP contribution in [0.25, 0.3) is 0 Å². The SMILES string of the molecule is CC(C)(C)OC(=O)[C@@H](N)[C@H](O)c1cncc(Br)c1. The number of hydrogen-bond acceptors (Lipinski definition) is 5. The molecule has 0 aliphatic heterocycles. The molecular weight excluding hydrogens is 300 g/mol. The molecule has 5 nitrogen and oxygen atoms in total. The van der Waals surface area contributed by atoms with Gasteiger partial charge in [-0.2, -0.15) is 0 Å². The van der Waals surface area contributed by atoms with E-state index in [1.165, 1.54) is 6.20 Å². The second kappa shape index (κ2) is 5.77. The molecule has 0 aromatic carbocycles. The average molecular weight is 317 g/mol. The highest BCUT2D eigenvalue weighted by atomic mass is 79.9. The summed E-state index contributed by atoms with van der Waals surface area (Å²) in [4.78, 5) is 15.6. The van der Waals surface area contributed by atoms with E-state index in [1.807, 2.05) is 0 Å². The van der Waals surface area contributed by atoms with Crippen molar-refractivity contribution >= 4 is 21.9 Å². The van der Waals surface area contributed by atoms with Gasteiger partial charge in [0.25, 0.3) is 0 Å². The van der Waals surface area contributed by atoms with Crippen molar-refractivity contribution in [3.8, 4) is 0 Å². The van der Waals surface area contributed by atoms with E-state index in [2.05, 4.69) is 20.9 Å². The van der Waals surface area contributed by atoms with E-state index in [4.69, 9.17) is 10.5 Å². The highest BCUT2D eigenvalue weighted by Crippen LogP contribution is 2.20. The number of pyridine rings is 1. The highest BCUT2D eigenvalue weighted by Gasteiger charge is 2.29. The Kier molecular flexibility index (Phi) is 4.84. The molecule has 1 aromatic rings. The van der Waals surface area contributed by atoms with Gasteiger partial charge < -0.3 is 15.6 Å². The molecule has 1 heterocycles. The first kappa shape index (κ1) is 15.1. The number of esters is 1. The predicted molar refractivity (Wildman–Crippen MR) is 70.7 cm³/mol. The zero-order chi connectivity index (χ0) is 13.9. The van der Waals surface area contributed by atoms with Crippen LogP contribution < -0.4 is 5.73 Å². The van der Waals surface area contributed by atoms with Crippen LogP contribution in [0.1, 0.15) is 32.4 Å². The van der Waals surface area contributed by atoms with E-state index in [1.54, 1.807) is 33.0 Å². The van der Waals surface area contributed by atoms with Gasteiger partial charge in [0.05, 0.1) is 0 Å². The maximum Gasteiger partial charge on any atom is 0.326 e. The molecule has 0 saturated heterocycles. The maximum atomic E-state index is 11.7. The number of halogens is 1. The Morgan fingerprint density at radius 3 is 2.61 bits per heavy atom. The van der Waals surface area contributed by atoms with Gasteiger partial charge in [-0.05, 0) is 42.8 Å². The third-order valence-electron chi connectivity index (χ3n) is 2.09. The minimum Gasteiger partial charge on any atom is -0.459 e. The van der Waals surface area contributed by atoms with Crippen LogP contribution in [0.4, 0.5) is 0 Å². The zero-order valence-corrected chi connectivity index (χ0v) is 12.1. The lowest BCUT2D eigenvalue weighted by atomic mass is 10.0. The Morgan fingerprint density at radius 2 is 2.11 bits per heavy atom. The minimum atomic E-state index is -1.15. The van der Waals surface area contributed by atoms with Crippen LogP contribution in [0.2, 0.25) is 0 Å². The maximum absolute atomic E-state index is 11.7. The highest BCUT2D eigenvalue weighted by molar-refractivity contribution is 9.10. The molecule has 6 heteroatoms. The van der Waals surface area contributed by atoms with Crippen LogP contribution in [0, 0.1) is 0 Å². The number of nitrogens with zero attached hydrogens (tertiary/aromatic N) is 1. The molecule has 0 fully saturated rings. The summed E-state index contributed by atoms with van der Waals surface area (Å²) in [5, 5.41) is 9.99. The Labute approximate surface area is 114 Å². The summed E-state index contributed by atoms with van der Waals surface area (Å²) in [5.74, 6) is -0.644. The molecule has 2 atom stereocenters. The van der Waals surface area contributed by atoms with E-state index < -0.39 is 23.7 Å². The number of carbonyl (C=O) groups is 1. The van der Waals surface area contributed by atoms with Gasteiger partial charge in [-0.3, -0.25) is 9.78 Å². The first-order chi connectivity index (χ1) is 8.20. The number of carbonyl (C=O) groups excluding carboxylic acids is 1. The van der Waals surface area contributed by atoms with Crippen molar-refractivity contribution in [2.45, 2.75) is 38.5 Å². The molecule has 0 saturated carbocycles. The standard InChI is InChI=1S/C12H17BrN2O3/c1-12(2,3)18-11(17)9(14)10(16)7-4-8(13)6-15-5-7/h4-6,9-10,16H,14H2,1-3H3/t9-,10+/m0/s1. The van der Waals surface area contributed by atoms with Crippen LogP contribution in [0.3, 0.4) is 0 Å². The average Bonchev–Trinajstić information content (AvgIpc) is 2.24. The fraction of sp³-hybridized carbons (Fsp3) is 0.500. The largest absolute Gasteiger partial charge is 0.459 e. The second-order valence-electron chi connectivity index (χ2n) is 4.94. The molecule has 0 spiro atoms. The molecule has 0 amide bonds. The van der Waals surface area contributed by atoms with Crippen LogP contribution in [0.5, 0.6) is 0 Å². The quantitative estimate of drug-likeness (QED) is 0.826. The van der Waals surface area contributed by atoms with Crippen molar-refractivity contribution in [1.82, 2.24) is 4.98 Å². The molecule has 100 valence electrons. The van der Waals surface area contributed by atoms with E-state index in [0.29, 0.717) is 10.0 Å². The second-order valence-corrected chi connectivity index (χ2v) is 5.86. The number of aliphatic hydroxyl groups excluding tert-OH is 1. The van der Waals surface area contributed by atoms with Crippen LogP contribution >= 0.6 is 15.9 Å². The fourth-order valence-corrected chi connectivity index (χ4v) is 1.68. The third-order valence-corrected chi connectivity index (χ3v) is 2.52. The van der Waals surface area contributed by atoms with E-state index in [-0.39, 0.29) is 0 Å². The molecule has 0 aliphatic rings. The summed E-state index contributed by atoms with van der Waals surface area (Å²) in [7, 11) is 0. The van der Waals surface area contributed by atoms with Crippen molar-refractivity contribution < 1.29 is 14.6 Å². The van der Waals surface area contributed by atoms with E-state index in [9.17, 15) is 9.90 Å². The molecule has 0 radical (unpaired) electrons. The summed E-state index contributed by atoms with van der Waals surface area (Å²) in [6.45, 7) is 5.22. The Bertz CT molecular complexity index is 432. The van der Waals surface area contributed by atoms with Gasteiger partial charge in [-0.1, -0.05) is 0 Å². The third kappa shape index (κ3) is 4.36. The molecule has 18 heavy (non-hydrogen) atoms. The van der Waals surface area contributed by atoms with Gasteiger partial charge in [0.1, 0.15) is 17.7 Å². The van der Waals surface area contributed by atoms with Gasteiger partial charge in [-0.15, -0.1) is 0 Å². The summed E-state index contributed by atoms with van der Waals surface area (Å²) >= 11 is 3.23. The smallest absolute Gasteiger partial charge is 0.326 e. The summed E-state index contributed by atoms with van der Waals surface area (Å²) in [6, 6.07) is 0.516. The van der Waals surface area contributed by atoms with Crippen LogP contribution in [-0.2, 0) is 9.53 Å². The minimum absolute atomic E-state index is 0.461. The lowest BCUT2D eigenvalue weighted by Crippen LogP contribution is -2.41. The molecule has 1 aromatic heterocycles. The first-order valence-electron chi connectivity index (χ1n) is 5.47.